The van der Waals surface area contributed by atoms with Gasteiger partial charge in [0.05, 0.1) is 23.7 Å². The van der Waals surface area contributed by atoms with Crippen molar-refractivity contribution in [3.05, 3.63) is 33.6 Å². The summed E-state index contributed by atoms with van der Waals surface area (Å²) in [5.74, 6) is 0.841. The van der Waals surface area contributed by atoms with Gasteiger partial charge in [-0.2, -0.15) is 0 Å². The van der Waals surface area contributed by atoms with Gasteiger partial charge in [-0.15, -0.1) is 0 Å². The molecule has 0 unspecified atom stereocenters. The van der Waals surface area contributed by atoms with E-state index in [2.05, 4.69) is 43.2 Å². The van der Waals surface area contributed by atoms with Crippen LogP contribution in [0.1, 0.15) is 44.7 Å². The van der Waals surface area contributed by atoms with E-state index in [0.717, 1.165) is 60.1 Å². The zero-order chi connectivity index (χ0) is 16.6. The number of benzene rings is 1. The van der Waals surface area contributed by atoms with Gasteiger partial charge in [-0.25, -0.2) is 0 Å². The Kier molecular flexibility index (Phi) is 4.09. The zero-order valence-electron chi connectivity index (χ0n) is 14.5. The van der Waals surface area contributed by atoms with Crippen molar-refractivity contribution in [1.82, 2.24) is 4.98 Å². The van der Waals surface area contributed by atoms with Gasteiger partial charge in [0.2, 0.25) is 0 Å². The van der Waals surface area contributed by atoms with Gasteiger partial charge in [-0.1, -0.05) is 20.8 Å². The van der Waals surface area contributed by atoms with Crippen LogP contribution in [0.5, 0.6) is 5.75 Å². The molecule has 2 heterocycles. The van der Waals surface area contributed by atoms with E-state index in [4.69, 9.17) is 4.74 Å². The quantitative estimate of drug-likeness (QED) is 0.904. The number of aromatic amines is 1. The van der Waals surface area contributed by atoms with E-state index < -0.39 is 0 Å². The van der Waals surface area contributed by atoms with Crippen LogP contribution in [0.4, 0.5) is 5.69 Å². The van der Waals surface area contributed by atoms with Crippen molar-refractivity contribution in [2.45, 2.75) is 46.5 Å². The Hall–Kier alpha value is -1.97. The molecule has 0 bridgehead atoms. The Morgan fingerprint density at radius 2 is 2.04 bits per heavy atom. The molecular weight excluding hydrogens is 288 g/mol. The normalized spacial score (nSPS) is 14.4. The maximum Gasteiger partial charge on any atom is 0.253 e. The minimum absolute atomic E-state index is 0.0229. The predicted molar refractivity (Wildman–Crippen MR) is 95.7 cm³/mol. The number of hydrogen-bond acceptors (Lipinski definition) is 3. The van der Waals surface area contributed by atoms with Gasteiger partial charge in [-0.3, -0.25) is 4.79 Å². The maximum absolute atomic E-state index is 12.4. The molecule has 0 atom stereocenters. The number of fused-ring (bicyclic) bond motifs is 3. The van der Waals surface area contributed by atoms with E-state index in [-0.39, 0.29) is 11.0 Å². The molecule has 0 amide bonds. The van der Waals surface area contributed by atoms with Crippen molar-refractivity contribution in [2.75, 3.05) is 19.0 Å². The number of methoxy groups -OCH3 is 1. The molecule has 0 fully saturated rings. The van der Waals surface area contributed by atoms with Crippen LogP contribution in [0.3, 0.4) is 0 Å². The van der Waals surface area contributed by atoms with E-state index in [9.17, 15) is 4.79 Å². The van der Waals surface area contributed by atoms with Crippen molar-refractivity contribution in [2.24, 2.45) is 5.41 Å². The average molecular weight is 314 g/mol. The highest BCUT2D eigenvalue weighted by Gasteiger charge is 2.20. The van der Waals surface area contributed by atoms with Crippen LogP contribution >= 0.6 is 0 Å². The smallest absolute Gasteiger partial charge is 0.253 e. The first kappa shape index (κ1) is 15.9. The lowest BCUT2D eigenvalue weighted by atomic mass is 9.88. The number of hydrogen-bond donors (Lipinski definition) is 2. The van der Waals surface area contributed by atoms with E-state index in [0.29, 0.717) is 0 Å². The highest BCUT2D eigenvalue weighted by Crippen LogP contribution is 2.36. The van der Waals surface area contributed by atoms with Crippen LogP contribution in [-0.2, 0) is 12.8 Å². The third-order valence-electron chi connectivity index (χ3n) is 4.52. The summed E-state index contributed by atoms with van der Waals surface area (Å²) in [6, 6.07) is 4.21. The molecular formula is C19H26N2O2. The summed E-state index contributed by atoms with van der Waals surface area (Å²) in [5.41, 5.74) is 4.18. The molecule has 23 heavy (non-hydrogen) atoms. The second-order valence-corrected chi connectivity index (χ2v) is 7.62. The van der Waals surface area contributed by atoms with Gasteiger partial charge in [0.1, 0.15) is 5.75 Å². The third kappa shape index (κ3) is 3.21. The largest absolute Gasteiger partial charge is 0.496 e. The number of aryl methyl sites for hydroxylation is 1. The van der Waals surface area contributed by atoms with Gasteiger partial charge in [-0.05, 0) is 48.8 Å². The molecule has 1 aliphatic rings. The maximum atomic E-state index is 12.4. The lowest BCUT2D eigenvalue weighted by molar-refractivity contribution is 0.377. The van der Waals surface area contributed by atoms with Crippen LogP contribution < -0.4 is 15.6 Å². The van der Waals surface area contributed by atoms with E-state index in [1.54, 1.807) is 7.11 Å². The first-order valence-electron chi connectivity index (χ1n) is 8.39. The Labute approximate surface area is 137 Å². The van der Waals surface area contributed by atoms with Crippen LogP contribution in [0.15, 0.2) is 16.9 Å². The van der Waals surface area contributed by atoms with E-state index in [1.807, 2.05) is 0 Å². The molecule has 0 saturated heterocycles. The monoisotopic (exact) mass is 314 g/mol. The SMILES string of the molecule is COc1cc(CCC(C)(C)C)cc2[nH]c(=O)c3c(c12)NCCC3. The molecule has 4 heteroatoms. The Morgan fingerprint density at radius 3 is 2.74 bits per heavy atom. The van der Waals surface area contributed by atoms with Crippen LogP contribution in [0, 0.1) is 5.41 Å². The van der Waals surface area contributed by atoms with E-state index in [1.165, 1.54) is 5.56 Å². The first-order chi connectivity index (χ1) is 10.9. The fourth-order valence-corrected chi connectivity index (χ4v) is 3.23. The average Bonchev–Trinajstić information content (AvgIpc) is 2.51. The number of pyridine rings is 1. The molecule has 2 N–H and O–H groups in total. The van der Waals surface area contributed by atoms with Gasteiger partial charge in [0, 0.05) is 12.1 Å². The summed E-state index contributed by atoms with van der Waals surface area (Å²) in [6.07, 6.45) is 3.88. The molecule has 1 aromatic carbocycles. The summed E-state index contributed by atoms with van der Waals surface area (Å²) in [4.78, 5) is 15.4. The van der Waals surface area contributed by atoms with Crippen LogP contribution in [0.25, 0.3) is 10.9 Å². The lowest BCUT2D eigenvalue weighted by Gasteiger charge is -2.22. The minimum Gasteiger partial charge on any atom is -0.496 e. The summed E-state index contributed by atoms with van der Waals surface area (Å²) in [7, 11) is 1.70. The topological polar surface area (TPSA) is 54.1 Å². The molecule has 1 aliphatic heterocycles. The highest BCUT2D eigenvalue weighted by atomic mass is 16.5. The number of aromatic nitrogens is 1. The van der Waals surface area contributed by atoms with Crippen molar-refractivity contribution in [3.8, 4) is 5.75 Å². The highest BCUT2D eigenvalue weighted by molar-refractivity contribution is 5.98. The molecule has 0 aliphatic carbocycles. The Balaban J connectivity index is 2.13. The predicted octanol–water partition coefficient (Wildman–Crippen LogP) is 3.87. The molecule has 2 aromatic rings. The van der Waals surface area contributed by atoms with Gasteiger partial charge >= 0.3 is 0 Å². The lowest BCUT2D eigenvalue weighted by Crippen LogP contribution is -2.22. The second kappa shape index (κ2) is 5.91. The molecule has 0 spiro atoms. The van der Waals surface area contributed by atoms with E-state index >= 15 is 0 Å². The molecule has 0 radical (unpaired) electrons. The number of H-pyrrole nitrogens is 1. The first-order valence-corrected chi connectivity index (χ1v) is 8.39. The van der Waals surface area contributed by atoms with Crippen LogP contribution in [0.2, 0.25) is 0 Å². The summed E-state index contributed by atoms with van der Waals surface area (Å²) >= 11 is 0. The van der Waals surface area contributed by atoms with Gasteiger partial charge in [0.15, 0.2) is 0 Å². The second-order valence-electron chi connectivity index (χ2n) is 7.62. The Bertz CT molecular complexity index is 785. The summed E-state index contributed by atoms with van der Waals surface area (Å²) in [6.45, 7) is 7.63. The number of rotatable bonds is 3. The number of nitrogens with one attached hydrogen (secondary N) is 2. The fourth-order valence-electron chi connectivity index (χ4n) is 3.23. The molecule has 3 rings (SSSR count). The van der Waals surface area contributed by atoms with Crippen LogP contribution in [-0.4, -0.2) is 18.6 Å². The van der Waals surface area contributed by atoms with Crippen molar-refractivity contribution >= 4 is 16.6 Å². The molecule has 1 aromatic heterocycles. The number of anilines is 1. The summed E-state index contributed by atoms with van der Waals surface area (Å²) < 4.78 is 5.64. The third-order valence-corrected chi connectivity index (χ3v) is 4.52. The fraction of sp³-hybridized carbons (Fsp3) is 0.526. The van der Waals surface area contributed by atoms with Crippen molar-refractivity contribution in [1.29, 1.82) is 0 Å². The Morgan fingerprint density at radius 1 is 1.26 bits per heavy atom. The van der Waals surface area contributed by atoms with Gasteiger partial charge < -0.3 is 15.0 Å². The summed E-state index contributed by atoms with van der Waals surface area (Å²) in [5, 5.41) is 4.40. The number of ether oxygens (including phenoxy) is 1. The molecule has 124 valence electrons. The van der Waals surface area contributed by atoms with Gasteiger partial charge in [0.25, 0.3) is 5.56 Å². The minimum atomic E-state index is 0.0229. The standard InChI is InChI=1S/C19H26N2O2/c1-19(2,3)8-7-12-10-14-16(15(11-12)23-4)17-13(18(22)21-14)6-5-9-20-17/h10-11,20H,5-9H2,1-4H3,(H,21,22). The van der Waals surface area contributed by atoms with Crippen molar-refractivity contribution in [3.63, 3.8) is 0 Å². The molecule has 4 nitrogen and oxygen atoms in total. The zero-order valence-corrected chi connectivity index (χ0v) is 14.5. The van der Waals surface area contributed by atoms with Crippen molar-refractivity contribution < 1.29 is 4.74 Å². The molecule has 0 saturated carbocycles.